The fourth-order valence-corrected chi connectivity index (χ4v) is 3.04. The number of carbonyl (C=O) groups is 1. The van der Waals surface area contributed by atoms with Crippen molar-refractivity contribution in [3.8, 4) is 0 Å². The van der Waals surface area contributed by atoms with Crippen LogP contribution >= 0.6 is 11.3 Å². The number of hydrogen-bond donors (Lipinski definition) is 1. The second-order valence-corrected chi connectivity index (χ2v) is 5.16. The Kier molecular flexibility index (Phi) is 3.05. The summed E-state index contributed by atoms with van der Waals surface area (Å²) in [5.41, 5.74) is 1.15. The van der Waals surface area contributed by atoms with E-state index < -0.39 is 11.9 Å². The molecule has 15 heavy (non-hydrogen) atoms. The largest absolute Gasteiger partial charge is 0.481 e. The number of nitrogens with zero attached hydrogens (tertiary/aromatic N) is 1. The molecule has 1 N–H and O–H groups in total. The van der Waals surface area contributed by atoms with Crippen molar-refractivity contribution >= 4 is 17.3 Å². The fourth-order valence-electron chi connectivity index (χ4n) is 1.84. The van der Waals surface area contributed by atoms with Gasteiger partial charge in [0.2, 0.25) is 0 Å². The lowest BCUT2D eigenvalue weighted by Crippen LogP contribution is -2.06. The lowest BCUT2D eigenvalue weighted by molar-refractivity contribution is -0.138. The maximum atomic E-state index is 10.8. The van der Waals surface area contributed by atoms with Crippen LogP contribution in [0.5, 0.6) is 0 Å². The molecule has 0 saturated heterocycles. The normalized spacial score (nSPS) is 17.9. The van der Waals surface area contributed by atoms with Crippen molar-refractivity contribution in [1.29, 1.82) is 0 Å². The summed E-state index contributed by atoms with van der Waals surface area (Å²) >= 11 is 1.59. The number of carboxylic acids is 1. The van der Waals surface area contributed by atoms with Crippen LogP contribution in [0.25, 0.3) is 0 Å². The summed E-state index contributed by atoms with van der Waals surface area (Å²) < 4.78 is 0. The van der Waals surface area contributed by atoms with Crippen molar-refractivity contribution in [1.82, 2.24) is 4.98 Å². The zero-order valence-electron chi connectivity index (χ0n) is 8.82. The Labute approximate surface area is 93.2 Å². The highest BCUT2D eigenvalue weighted by Gasteiger charge is 2.21. The van der Waals surface area contributed by atoms with Gasteiger partial charge in [-0.15, -0.1) is 11.3 Å². The molecule has 1 aliphatic rings. The van der Waals surface area contributed by atoms with Crippen LogP contribution in [0.2, 0.25) is 0 Å². The maximum absolute atomic E-state index is 10.8. The molecular weight excluding hydrogens is 210 g/mol. The summed E-state index contributed by atoms with van der Waals surface area (Å²) in [6, 6.07) is 0. The van der Waals surface area contributed by atoms with Gasteiger partial charge in [0, 0.05) is 4.88 Å². The van der Waals surface area contributed by atoms with E-state index in [1.165, 1.54) is 24.1 Å². The van der Waals surface area contributed by atoms with Gasteiger partial charge in [-0.3, -0.25) is 4.79 Å². The quantitative estimate of drug-likeness (QED) is 0.787. The van der Waals surface area contributed by atoms with Gasteiger partial charge in [0.15, 0.2) is 0 Å². The predicted molar refractivity (Wildman–Crippen MR) is 59.4 cm³/mol. The minimum atomic E-state index is -0.779. The third-order valence-corrected chi connectivity index (χ3v) is 4.19. The second-order valence-electron chi connectivity index (χ2n) is 4.04. The molecule has 1 aromatic heterocycles. The molecule has 4 heteroatoms. The van der Waals surface area contributed by atoms with Crippen LogP contribution in [0, 0.1) is 0 Å². The maximum Gasteiger partial charge on any atom is 0.313 e. The molecule has 0 bridgehead atoms. The monoisotopic (exact) mass is 225 g/mol. The third kappa shape index (κ3) is 2.20. The molecule has 0 spiro atoms. The van der Waals surface area contributed by atoms with E-state index in [1.807, 2.05) is 0 Å². The Morgan fingerprint density at radius 3 is 2.87 bits per heavy atom. The highest BCUT2D eigenvalue weighted by atomic mass is 32.1. The summed E-state index contributed by atoms with van der Waals surface area (Å²) in [5.74, 6) is -1.24. The average Bonchev–Trinajstić information content (AvgIpc) is 2.49. The van der Waals surface area contributed by atoms with Gasteiger partial charge in [-0.1, -0.05) is 6.42 Å². The molecule has 1 aromatic rings. The zero-order chi connectivity index (χ0) is 10.8. The van der Waals surface area contributed by atoms with E-state index in [0.717, 1.165) is 23.5 Å². The van der Waals surface area contributed by atoms with Crippen molar-refractivity contribution < 1.29 is 9.90 Å². The smallest absolute Gasteiger partial charge is 0.313 e. The summed E-state index contributed by atoms with van der Waals surface area (Å²) in [4.78, 5) is 16.6. The first-order chi connectivity index (χ1) is 7.18. The van der Waals surface area contributed by atoms with Gasteiger partial charge in [0.05, 0.1) is 5.69 Å². The van der Waals surface area contributed by atoms with Gasteiger partial charge >= 0.3 is 5.97 Å². The molecule has 2 rings (SSSR count). The molecule has 1 heterocycles. The lowest BCUT2D eigenvalue weighted by Gasteiger charge is -2.00. The second kappa shape index (κ2) is 4.31. The molecule has 0 radical (unpaired) electrons. The minimum absolute atomic E-state index is 0.457. The van der Waals surface area contributed by atoms with Crippen LogP contribution in [0.4, 0.5) is 0 Å². The first-order valence-electron chi connectivity index (χ1n) is 5.40. The molecule has 0 saturated carbocycles. The Morgan fingerprint density at radius 1 is 1.40 bits per heavy atom. The van der Waals surface area contributed by atoms with Crippen LogP contribution < -0.4 is 0 Å². The number of aromatic nitrogens is 1. The van der Waals surface area contributed by atoms with E-state index in [-0.39, 0.29) is 0 Å². The van der Waals surface area contributed by atoms with E-state index in [2.05, 4.69) is 4.98 Å². The highest BCUT2D eigenvalue weighted by molar-refractivity contribution is 7.12. The van der Waals surface area contributed by atoms with E-state index in [1.54, 1.807) is 18.3 Å². The number of hydrogen-bond acceptors (Lipinski definition) is 3. The van der Waals surface area contributed by atoms with Crippen LogP contribution in [-0.2, 0) is 17.6 Å². The standard InChI is InChI=1S/C11H15NO2S/c1-7(11(13)14)10-12-8-5-3-2-4-6-9(8)15-10/h7H,2-6H2,1H3,(H,13,14). The Balaban J connectivity index is 2.25. The molecule has 0 fully saturated rings. The summed E-state index contributed by atoms with van der Waals surface area (Å²) in [6.45, 7) is 1.71. The minimum Gasteiger partial charge on any atom is -0.481 e. The first kappa shape index (κ1) is 10.6. The molecule has 1 aliphatic carbocycles. The van der Waals surface area contributed by atoms with E-state index >= 15 is 0 Å². The number of carboxylic acid groups (broad SMARTS) is 1. The fraction of sp³-hybridized carbons (Fsp3) is 0.636. The molecule has 1 atom stereocenters. The molecule has 3 nitrogen and oxygen atoms in total. The Hall–Kier alpha value is -0.900. The van der Waals surface area contributed by atoms with Gasteiger partial charge < -0.3 is 5.11 Å². The van der Waals surface area contributed by atoms with Crippen molar-refractivity contribution in [3.05, 3.63) is 15.6 Å². The molecule has 0 aliphatic heterocycles. The van der Waals surface area contributed by atoms with Crippen LogP contribution in [0.1, 0.15) is 47.7 Å². The van der Waals surface area contributed by atoms with Crippen molar-refractivity contribution in [2.24, 2.45) is 0 Å². The van der Waals surface area contributed by atoms with Gasteiger partial charge in [-0.2, -0.15) is 0 Å². The Morgan fingerprint density at radius 2 is 2.13 bits per heavy atom. The molecule has 82 valence electrons. The number of aliphatic carboxylic acids is 1. The number of aryl methyl sites for hydroxylation is 2. The molecular formula is C11H15NO2S. The predicted octanol–water partition coefficient (Wildman–Crippen LogP) is 2.60. The van der Waals surface area contributed by atoms with Gasteiger partial charge in [0.1, 0.15) is 10.9 Å². The third-order valence-electron chi connectivity index (χ3n) is 2.85. The summed E-state index contributed by atoms with van der Waals surface area (Å²) in [5, 5.41) is 9.69. The van der Waals surface area contributed by atoms with E-state index in [9.17, 15) is 4.79 Å². The lowest BCUT2D eigenvalue weighted by atomic mass is 10.2. The van der Waals surface area contributed by atoms with Crippen molar-refractivity contribution in [2.75, 3.05) is 0 Å². The van der Waals surface area contributed by atoms with Gasteiger partial charge in [-0.25, -0.2) is 4.98 Å². The van der Waals surface area contributed by atoms with Crippen LogP contribution in [-0.4, -0.2) is 16.1 Å². The van der Waals surface area contributed by atoms with E-state index in [0.29, 0.717) is 0 Å². The first-order valence-corrected chi connectivity index (χ1v) is 6.21. The van der Waals surface area contributed by atoms with Gasteiger partial charge in [-0.05, 0) is 32.6 Å². The number of thiazole rings is 1. The van der Waals surface area contributed by atoms with Gasteiger partial charge in [0.25, 0.3) is 0 Å². The Bertz CT molecular complexity index is 349. The number of rotatable bonds is 2. The molecule has 1 unspecified atom stereocenters. The molecule has 0 aromatic carbocycles. The topological polar surface area (TPSA) is 50.2 Å². The highest BCUT2D eigenvalue weighted by Crippen LogP contribution is 2.29. The van der Waals surface area contributed by atoms with Crippen molar-refractivity contribution in [3.63, 3.8) is 0 Å². The SMILES string of the molecule is CC(C(=O)O)c1nc2c(s1)CCCCC2. The summed E-state index contributed by atoms with van der Waals surface area (Å²) in [6.07, 6.45) is 5.79. The van der Waals surface area contributed by atoms with Crippen molar-refractivity contribution in [2.45, 2.75) is 44.9 Å². The molecule has 0 amide bonds. The van der Waals surface area contributed by atoms with E-state index in [4.69, 9.17) is 5.11 Å². The van der Waals surface area contributed by atoms with Crippen LogP contribution in [0.15, 0.2) is 0 Å². The van der Waals surface area contributed by atoms with Crippen LogP contribution in [0.3, 0.4) is 0 Å². The average molecular weight is 225 g/mol. The zero-order valence-corrected chi connectivity index (χ0v) is 9.64. The number of fused-ring (bicyclic) bond motifs is 1. The summed E-state index contributed by atoms with van der Waals surface area (Å²) in [7, 11) is 0.